The SMILES string of the molecule is Fc1cc(F)cc(CCCC(Cl)c2ccccc2)c1. The van der Waals surface area contributed by atoms with Gasteiger partial charge in [-0.1, -0.05) is 30.3 Å². The highest BCUT2D eigenvalue weighted by Crippen LogP contribution is 2.26. The van der Waals surface area contributed by atoms with E-state index in [1.165, 1.54) is 12.1 Å². The van der Waals surface area contributed by atoms with Gasteiger partial charge in [0.1, 0.15) is 11.6 Å². The van der Waals surface area contributed by atoms with Gasteiger partial charge in [0, 0.05) is 6.07 Å². The first kappa shape index (κ1) is 14.0. The fourth-order valence-electron chi connectivity index (χ4n) is 2.07. The molecule has 0 spiro atoms. The summed E-state index contributed by atoms with van der Waals surface area (Å²) in [6.45, 7) is 0. The number of hydrogen-bond donors (Lipinski definition) is 0. The molecule has 3 heteroatoms. The fourth-order valence-corrected chi connectivity index (χ4v) is 2.37. The Kier molecular flexibility index (Phi) is 4.92. The van der Waals surface area contributed by atoms with E-state index in [1.54, 1.807) is 0 Å². The molecule has 2 aromatic carbocycles. The Bertz CT molecular complexity index is 505. The molecule has 0 saturated carbocycles. The molecule has 0 aliphatic heterocycles. The zero-order valence-electron chi connectivity index (χ0n) is 10.5. The Morgan fingerprint density at radius 2 is 1.58 bits per heavy atom. The second-order valence-corrected chi connectivity index (χ2v) is 5.07. The fraction of sp³-hybridized carbons (Fsp3) is 0.250. The van der Waals surface area contributed by atoms with E-state index in [2.05, 4.69) is 0 Å². The summed E-state index contributed by atoms with van der Waals surface area (Å²) in [5.41, 5.74) is 1.75. The molecule has 0 aliphatic rings. The molecule has 0 nitrogen and oxygen atoms in total. The highest BCUT2D eigenvalue weighted by Gasteiger charge is 2.07. The first-order valence-corrected chi connectivity index (χ1v) is 6.73. The van der Waals surface area contributed by atoms with E-state index in [1.807, 2.05) is 30.3 Å². The lowest BCUT2D eigenvalue weighted by molar-refractivity contribution is 0.577. The smallest absolute Gasteiger partial charge is 0.126 e. The van der Waals surface area contributed by atoms with Gasteiger partial charge in [-0.05, 0) is 42.5 Å². The molecule has 0 amide bonds. The van der Waals surface area contributed by atoms with Gasteiger partial charge >= 0.3 is 0 Å². The Balaban J connectivity index is 1.86. The maximum absolute atomic E-state index is 13.0. The van der Waals surface area contributed by atoms with Gasteiger partial charge in [0.25, 0.3) is 0 Å². The van der Waals surface area contributed by atoms with Crippen LogP contribution in [0.1, 0.15) is 29.3 Å². The number of rotatable bonds is 5. The predicted octanol–water partition coefficient (Wildman–Crippen LogP) is 5.27. The molecule has 19 heavy (non-hydrogen) atoms. The molecule has 0 radical (unpaired) electrons. The van der Waals surface area contributed by atoms with E-state index < -0.39 is 11.6 Å². The van der Waals surface area contributed by atoms with Crippen LogP contribution in [0.15, 0.2) is 48.5 Å². The quantitative estimate of drug-likeness (QED) is 0.655. The molecule has 2 aromatic rings. The van der Waals surface area contributed by atoms with Crippen molar-refractivity contribution in [1.82, 2.24) is 0 Å². The summed E-state index contributed by atoms with van der Waals surface area (Å²) < 4.78 is 26.0. The molecule has 0 N–H and O–H groups in total. The molecule has 1 unspecified atom stereocenters. The maximum Gasteiger partial charge on any atom is 0.126 e. The van der Waals surface area contributed by atoms with Crippen molar-refractivity contribution < 1.29 is 8.78 Å². The van der Waals surface area contributed by atoms with Crippen molar-refractivity contribution in [3.63, 3.8) is 0 Å². The largest absolute Gasteiger partial charge is 0.207 e. The first-order valence-electron chi connectivity index (χ1n) is 6.29. The van der Waals surface area contributed by atoms with E-state index in [0.717, 1.165) is 24.5 Å². The monoisotopic (exact) mass is 280 g/mol. The van der Waals surface area contributed by atoms with Crippen LogP contribution in [0.2, 0.25) is 0 Å². The molecule has 0 bridgehead atoms. The molecule has 0 heterocycles. The van der Waals surface area contributed by atoms with Gasteiger partial charge in [0.2, 0.25) is 0 Å². The topological polar surface area (TPSA) is 0 Å². The second kappa shape index (κ2) is 6.67. The third-order valence-electron chi connectivity index (χ3n) is 3.01. The Morgan fingerprint density at radius 1 is 0.947 bits per heavy atom. The number of halogens is 3. The van der Waals surface area contributed by atoms with E-state index >= 15 is 0 Å². The van der Waals surface area contributed by atoms with Gasteiger partial charge in [0.05, 0.1) is 5.38 Å². The normalized spacial score (nSPS) is 12.4. The molecule has 0 saturated heterocycles. The van der Waals surface area contributed by atoms with Gasteiger partial charge in [-0.25, -0.2) is 8.78 Å². The summed E-state index contributed by atoms with van der Waals surface area (Å²) in [4.78, 5) is 0. The van der Waals surface area contributed by atoms with Gasteiger partial charge in [-0.3, -0.25) is 0 Å². The van der Waals surface area contributed by atoms with Gasteiger partial charge < -0.3 is 0 Å². The number of hydrogen-bond acceptors (Lipinski definition) is 0. The van der Waals surface area contributed by atoms with Crippen molar-refractivity contribution in [3.05, 3.63) is 71.3 Å². The number of aryl methyl sites for hydroxylation is 1. The molecular weight excluding hydrogens is 266 g/mol. The van der Waals surface area contributed by atoms with Crippen LogP contribution in [0.5, 0.6) is 0 Å². The number of alkyl halides is 1. The minimum Gasteiger partial charge on any atom is -0.207 e. The highest BCUT2D eigenvalue weighted by molar-refractivity contribution is 6.20. The van der Waals surface area contributed by atoms with E-state index in [0.29, 0.717) is 12.0 Å². The molecule has 0 aromatic heterocycles. The van der Waals surface area contributed by atoms with Crippen molar-refractivity contribution in [2.24, 2.45) is 0 Å². The molecule has 0 aliphatic carbocycles. The minimum absolute atomic E-state index is 0.0559. The van der Waals surface area contributed by atoms with Crippen molar-refractivity contribution >= 4 is 11.6 Å². The third-order valence-corrected chi connectivity index (χ3v) is 3.48. The Labute approximate surface area is 117 Å². The van der Waals surface area contributed by atoms with Crippen LogP contribution in [-0.4, -0.2) is 0 Å². The zero-order valence-corrected chi connectivity index (χ0v) is 11.2. The van der Waals surface area contributed by atoms with Crippen LogP contribution in [0, 0.1) is 11.6 Å². The lowest BCUT2D eigenvalue weighted by Crippen LogP contribution is -1.94. The minimum atomic E-state index is -0.527. The van der Waals surface area contributed by atoms with Crippen molar-refractivity contribution in [3.8, 4) is 0 Å². The Hall–Kier alpha value is -1.41. The van der Waals surface area contributed by atoms with Gasteiger partial charge in [-0.15, -0.1) is 11.6 Å². The summed E-state index contributed by atoms with van der Waals surface area (Å²) in [6, 6.07) is 13.4. The summed E-state index contributed by atoms with van der Waals surface area (Å²) in [6.07, 6.45) is 2.21. The standard InChI is InChI=1S/C16H15ClF2/c17-16(13-6-2-1-3-7-13)8-4-5-12-9-14(18)11-15(19)10-12/h1-3,6-7,9-11,16H,4-5,8H2. The Morgan fingerprint density at radius 3 is 2.21 bits per heavy atom. The van der Waals surface area contributed by atoms with Gasteiger partial charge in [0.15, 0.2) is 0 Å². The average Bonchev–Trinajstić information content (AvgIpc) is 2.38. The van der Waals surface area contributed by atoms with Crippen LogP contribution < -0.4 is 0 Å². The molecule has 2 rings (SSSR count). The van der Waals surface area contributed by atoms with Crippen LogP contribution in [0.3, 0.4) is 0 Å². The van der Waals surface area contributed by atoms with Crippen molar-refractivity contribution in [2.45, 2.75) is 24.6 Å². The molecule has 0 fully saturated rings. The van der Waals surface area contributed by atoms with Crippen LogP contribution in [-0.2, 0) is 6.42 Å². The van der Waals surface area contributed by atoms with E-state index in [-0.39, 0.29) is 5.38 Å². The summed E-state index contributed by atoms with van der Waals surface area (Å²) >= 11 is 6.29. The van der Waals surface area contributed by atoms with E-state index in [9.17, 15) is 8.78 Å². The third kappa shape index (κ3) is 4.32. The van der Waals surface area contributed by atoms with Crippen LogP contribution in [0.25, 0.3) is 0 Å². The van der Waals surface area contributed by atoms with Crippen LogP contribution in [0.4, 0.5) is 8.78 Å². The van der Waals surface area contributed by atoms with Crippen LogP contribution >= 0.6 is 11.6 Å². The summed E-state index contributed by atoms with van der Waals surface area (Å²) in [7, 11) is 0. The maximum atomic E-state index is 13.0. The van der Waals surface area contributed by atoms with Crippen molar-refractivity contribution in [2.75, 3.05) is 0 Å². The lowest BCUT2D eigenvalue weighted by atomic mass is 10.0. The zero-order chi connectivity index (χ0) is 13.7. The molecule has 100 valence electrons. The predicted molar refractivity (Wildman–Crippen MR) is 74.3 cm³/mol. The van der Waals surface area contributed by atoms with Crippen molar-refractivity contribution in [1.29, 1.82) is 0 Å². The highest BCUT2D eigenvalue weighted by atomic mass is 35.5. The lowest BCUT2D eigenvalue weighted by Gasteiger charge is -2.09. The first-order chi connectivity index (χ1) is 9.15. The average molecular weight is 281 g/mol. The number of benzene rings is 2. The van der Waals surface area contributed by atoms with Gasteiger partial charge in [-0.2, -0.15) is 0 Å². The summed E-state index contributed by atoms with van der Waals surface area (Å²) in [5.74, 6) is -1.05. The van der Waals surface area contributed by atoms with E-state index in [4.69, 9.17) is 11.6 Å². The summed E-state index contributed by atoms with van der Waals surface area (Å²) in [5, 5.41) is -0.0559. The molecule has 1 atom stereocenters. The second-order valence-electron chi connectivity index (χ2n) is 4.55. The molecular formula is C16H15ClF2.